The summed E-state index contributed by atoms with van der Waals surface area (Å²) in [4.78, 5) is 8.41. The Labute approximate surface area is 140 Å². The minimum atomic E-state index is -0.218. The van der Waals surface area contributed by atoms with Crippen molar-refractivity contribution in [2.75, 3.05) is 25.1 Å². The van der Waals surface area contributed by atoms with E-state index in [0.29, 0.717) is 36.4 Å². The van der Waals surface area contributed by atoms with E-state index < -0.39 is 0 Å². The van der Waals surface area contributed by atoms with Crippen molar-refractivity contribution in [3.8, 4) is 0 Å². The van der Waals surface area contributed by atoms with Crippen molar-refractivity contribution < 1.29 is 9.13 Å². The highest BCUT2D eigenvalue weighted by molar-refractivity contribution is 6.32. The van der Waals surface area contributed by atoms with Gasteiger partial charge in [-0.3, -0.25) is 0 Å². The number of ether oxygens (including phenoxy) is 1. The lowest BCUT2D eigenvalue weighted by Gasteiger charge is -2.38. The Morgan fingerprint density at radius 3 is 2.87 bits per heavy atom. The fourth-order valence-corrected chi connectivity index (χ4v) is 3.14. The van der Waals surface area contributed by atoms with Crippen molar-refractivity contribution >= 4 is 17.4 Å². The van der Waals surface area contributed by atoms with Gasteiger partial charge >= 0.3 is 0 Å². The molecule has 1 saturated heterocycles. The Kier molecular flexibility index (Phi) is 4.78. The Hall–Kier alpha value is -1.72. The molecule has 1 aromatic heterocycles. The minimum Gasteiger partial charge on any atom is -0.381 e. The van der Waals surface area contributed by atoms with Crippen LogP contribution in [-0.2, 0) is 10.2 Å². The molecule has 122 valence electrons. The Balaban J connectivity index is 1.86. The Morgan fingerprint density at radius 1 is 1.35 bits per heavy atom. The first-order chi connectivity index (χ1) is 11.1. The van der Waals surface area contributed by atoms with Gasteiger partial charge in [0.1, 0.15) is 22.5 Å². The van der Waals surface area contributed by atoms with Gasteiger partial charge in [-0.25, -0.2) is 14.4 Å². The standard InChI is InChI=1S/C17H19ClFN3O/c1-12-20-10-15(18)16(22-12)21-11-17(5-7-23-8-6-17)13-3-2-4-14(19)9-13/h2-4,9-10H,5-8,11H2,1H3,(H,20,21,22). The van der Waals surface area contributed by atoms with E-state index in [9.17, 15) is 4.39 Å². The molecule has 1 aromatic carbocycles. The molecular weight excluding hydrogens is 317 g/mol. The number of hydrogen-bond donors (Lipinski definition) is 1. The predicted octanol–water partition coefficient (Wildman–Crippen LogP) is 3.74. The third kappa shape index (κ3) is 3.62. The summed E-state index contributed by atoms with van der Waals surface area (Å²) >= 11 is 6.16. The molecule has 0 saturated carbocycles. The maximum Gasteiger partial charge on any atom is 0.148 e. The zero-order valence-corrected chi connectivity index (χ0v) is 13.7. The first-order valence-electron chi connectivity index (χ1n) is 7.66. The van der Waals surface area contributed by atoms with Gasteiger partial charge in [0, 0.05) is 25.2 Å². The minimum absolute atomic E-state index is 0.192. The molecule has 0 atom stereocenters. The summed E-state index contributed by atoms with van der Waals surface area (Å²) in [5.74, 6) is 1.05. The number of rotatable bonds is 4. The number of aryl methyl sites for hydroxylation is 1. The lowest BCUT2D eigenvalue weighted by atomic mass is 9.74. The zero-order valence-electron chi connectivity index (χ0n) is 13.0. The summed E-state index contributed by atoms with van der Waals surface area (Å²) in [6.45, 7) is 3.76. The van der Waals surface area contributed by atoms with E-state index in [-0.39, 0.29) is 11.2 Å². The molecular formula is C17H19ClFN3O. The van der Waals surface area contributed by atoms with Gasteiger partial charge < -0.3 is 10.1 Å². The van der Waals surface area contributed by atoms with Crippen LogP contribution in [0.25, 0.3) is 0 Å². The van der Waals surface area contributed by atoms with E-state index in [1.165, 1.54) is 6.07 Å². The molecule has 6 heteroatoms. The third-order valence-corrected chi connectivity index (χ3v) is 4.62. The monoisotopic (exact) mass is 335 g/mol. The second-order valence-electron chi connectivity index (χ2n) is 5.87. The SMILES string of the molecule is Cc1ncc(Cl)c(NCC2(c3cccc(F)c3)CCOCC2)n1. The third-order valence-electron chi connectivity index (χ3n) is 4.35. The van der Waals surface area contributed by atoms with Crippen molar-refractivity contribution in [1.29, 1.82) is 0 Å². The molecule has 0 spiro atoms. The Bertz CT molecular complexity index is 689. The van der Waals surface area contributed by atoms with E-state index >= 15 is 0 Å². The number of aromatic nitrogens is 2. The lowest BCUT2D eigenvalue weighted by molar-refractivity contribution is 0.0542. The van der Waals surface area contributed by atoms with Crippen LogP contribution in [0, 0.1) is 12.7 Å². The largest absolute Gasteiger partial charge is 0.381 e. The molecule has 3 rings (SSSR count). The number of anilines is 1. The molecule has 1 aliphatic rings. The van der Waals surface area contributed by atoms with E-state index in [0.717, 1.165) is 18.4 Å². The number of benzene rings is 1. The first kappa shape index (κ1) is 16.1. The van der Waals surface area contributed by atoms with Crippen LogP contribution in [0.15, 0.2) is 30.5 Å². The molecule has 1 aliphatic heterocycles. The van der Waals surface area contributed by atoms with Crippen LogP contribution in [0.1, 0.15) is 24.2 Å². The van der Waals surface area contributed by atoms with Crippen LogP contribution in [0.3, 0.4) is 0 Å². The molecule has 2 heterocycles. The molecule has 4 nitrogen and oxygen atoms in total. The van der Waals surface area contributed by atoms with Crippen LogP contribution in [0.5, 0.6) is 0 Å². The maximum atomic E-state index is 13.7. The first-order valence-corrected chi connectivity index (χ1v) is 8.04. The van der Waals surface area contributed by atoms with Crippen LogP contribution >= 0.6 is 11.6 Å². The van der Waals surface area contributed by atoms with Gasteiger partial charge in [0.05, 0.1) is 6.20 Å². The molecule has 0 aliphatic carbocycles. The van der Waals surface area contributed by atoms with Crippen LogP contribution in [0.4, 0.5) is 10.2 Å². The fourth-order valence-electron chi connectivity index (χ4n) is 2.98. The second kappa shape index (κ2) is 6.81. The van der Waals surface area contributed by atoms with Gasteiger partial charge in [-0.2, -0.15) is 0 Å². The highest BCUT2D eigenvalue weighted by Crippen LogP contribution is 2.35. The highest BCUT2D eigenvalue weighted by atomic mass is 35.5. The van der Waals surface area contributed by atoms with Crippen molar-refractivity contribution in [1.82, 2.24) is 9.97 Å². The molecule has 0 bridgehead atoms. The van der Waals surface area contributed by atoms with Gasteiger partial charge in [-0.05, 0) is 37.5 Å². The fraction of sp³-hybridized carbons (Fsp3) is 0.412. The Morgan fingerprint density at radius 2 is 2.13 bits per heavy atom. The number of halogens is 2. The summed E-state index contributed by atoms with van der Waals surface area (Å²) in [6.07, 6.45) is 3.24. The lowest BCUT2D eigenvalue weighted by Crippen LogP contribution is -2.40. The van der Waals surface area contributed by atoms with Crippen LogP contribution in [0.2, 0.25) is 5.02 Å². The summed E-state index contributed by atoms with van der Waals surface area (Å²) in [7, 11) is 0. The van der Waals surface area contributed by atoms with Crippen LogP contribution < -0.4 is 5.32 Å². The summed E-state index contributed by atoms with van der Waals surface area (Å²) < 4.78 is 19.2. The van der Waals surface area contributed by atoms with E-state index in [2.05, 4.69) is 15.3 Å². The van der Waals surface area contributed by atoms with Crippen molar-refractivity contribution in [3.05, 3.63) is 52.7 Å². The van der Waals surface area contributed by atoms with Crippen molar-refractivity contribution in [2.45, 2.75) is 25.2 Å². The molecule has 1 fully saturated rings. The quantitative estimate of drug-likeness (QED) is 0.924. The average molecular weight is 336 g/mol. The van der Waals surface area contributed by atoms with Gasteiger partial charge in [0.15, 0.2) is 0 Å². The summed E-state index contributed by atoms with van der Waals surface area (Å²) in [5.41, 5.74) is 0.790. The van der Waals surface area contributed by atoms with E-state index in [1.54, 1.807) is 18.3 Å². The second-order valence-corrected chi connectivity index (χ2v) is 6.28. The van der Waals surface area contributed by atoms with Gasteiger partial charge in [-0.15, -0.1) is 0 Å². The van der Waals surface area contributed by atoms with Crippen molar-refractivity contribution in [2.24, 2.45) is 0 Å². The molecule has 23 heavy (non-hydrogen) atoms. The highest BCUT2D eigenvalue weighted by Gasteiger charge is 2.34. The number of hydrogen-bond acceptors (Lipinski definition) is 4. The molecule has 0 amide bonds. The van der Waals surface area contributed by atoms with Crippen LogP contribution in [-0.4, -0.2) is 29.7 Å². The van der Waals surface area contributed by atoms with Gasteiger partial charge in [-0.1, -0.05) is 23.7 Å². The molecule has 2 aromatic rings. The van der Waals surface area contributed by atoms with Crippen molar-refractivity contribution in [3.63, 3.8) is 0 Å². The van der Waals surface area contributed by atoms with Gasteiger partial charge in [0.2, 0.25) is 0 Å². The number of nitrogens with zero attached hydrogens (tertiary/aromatic N) is 2. The van der Waals surface area contributed by atoms with Gasteiger partial charge in [0.25, 0.3) is 0 Å². The molecule has 0 unspecified atom stereocenters. The topological polar surface area (TPSA) is 47.0 Å². The maximum absolute atomic E-state index is 13.7. The molecule has 1 N–H and O–H groups in total. The predicted molar refractivity (Wildman–Crippen MR) is 88.4 cm³/mol. The number of nitrogens with one attached hydrogen (secondary N) is 1. The summed E-state index contributed by atoms with van der Waals surface area (Å²) in [6, 6.07) is 6.81. The van der Waals surface area contributed by atoms with E-state index in [4.69, 9.17) is 16.3 Å². The average Bonchev–Trinajstić information content (AvgIpc) is 2.56. The smallest absolute Gasteiger partial charge is 0.148 e. The normalized spacial score (nSPS) is 17.0. The summed E-state index contributed by atoms with van der Waals surface area (Å²) in [5, 5.41) is 3.80. The zero-order chi connectivity index (χ0) is 16.3. The van der Waals surface area contributed by atoms with E-state index in [1.807, 2.05) is 13.0 Å². The molecule has 0 radical (unpaired) electrons.